The highest BCUT2D eigenvalue weighted by atomic mass is 127. The van der Waals surface area contributed by atoms with E-state index in [9.17, 15) is 18.4 Å². The number of rotatable bonds is 4. The lowest BCUT2D eigenvalue weighted by Crippen LogP contribution is -2.21. The topological polar surface area (TPSA) is 55.4 Å². The van der Waals surface area contributed by atoms with Crippen LogP contribution in [-0.2, 0) is 9.53 Å². The third-order valence-electron chi connectivity index (χ3n) is 2.56. The smallest absolute Gasteiger partial charge is 0.338 e. The fraction of sp³-hybridized carbons (Fsp3) is 0.0667. The molecule has 2 rings (SSSR count). The number of halogens is 3. The van der Waals surface area contributed by atoms with E-state index < -0.39 is 30.1 Å². The Kier molecular flexibility index (Phi) is 5.42. The molecule has 0 radical (unpaired) electrons. The van der Waals surface area contributed by atoms with E-state index in [-0.39, 0.29) is 5.69 Å². The second-order valence-corrected chi connectivity index (χ2v) is 5.53. The minimum Gasteiger partial charge on any atom is -0.452 e. The fourth-order valence-electron chi connectivity index (χ4n) is 1.62. The largest absolute Gasteiger partial charge is 0.452 e. The van der Waals surface area contributed by atoms with Crippen LogP contribution >= 0.6 is 22.6 Å². The first-order valence-corrected chi connectivity index (χ1v) is 7.20. The molecule has 2 aromatic carbocycles. The van der Waals surface area contributed by atoms with E-state index in [4.69, 9.17) is 4.74 Å². The van der Waals surface area contributed by atoms with Crippen molar-refractivity contribution in [2.24, 2.45) is 0 Å². The Morgan fingerprint density at radius 2 is 1.64 bits per heavy atom. The Balaban J connectivity index is 1.89. The molecule has 0 saturated heterocycles. The normalized spacial score (nSPS) is 10.1. The molecule has 0 fully saturated rings. The molecule has 0 bridgehead atoms. The van der Waals surface area contributed by atoms with Crippen molar-refractivity contribution in [3.63, 3.8) is 0 Å². The van der Waals surface area contributed by atoms with Crippen LogP contribution < -0.4 is 5.32 Å². The third kappa shape index (κ3) is 4.76. The molecule has 0 aliphatic rings. The molecule has 2 aromatic rings. The molecule has 1 N–H and O–H groups in total. The molecule has 7 heteroatoms. The summed E-state index contributed by atoms with van der Waals surface area (Å²) >= 11 is 2.09. The van der Waals surface area contributed by atoms with Gasteiger partial charge in [0.2, 0.25) is 0 Å². The molecule has 0 aliphatic heterocycles. The van der Waals surface area contributed by atoms with Crippen molar-refractivity contribution in [2.45, 2.75) is 0 Å². The number of benzene rings is 2. The van der Waals surface area contributed by atoms with Crippen molar-refractivity contribution in [1.82, 2.24) is 0 Å². The van der Waals surface area contributed by atoms with E-state index in [1.807, 2.05) is 0 Å². The summed E-state index contributed by atoms with van der Waals surface area (Å²) in [5.41, 5.74) is 0.262. The monoisotopic (exact) mass is 417 g/mol. The van der Waals surface area contributed by atoms with Crippen molar-refractivity contribution in [3.8, 4) is 0 Å². The highest BCUT2D eigenvalue weighted by molar-refractivity contribution is 14.1. The Morgan fingerprint density at radius 3 is 2.23 bits per heavy atom. The second-order valence-electron chi connectivity index (χ2n) is 4.29. The van der Waals surface area contributed by atoms with E-state index in [0.717, 1.165) is 15.7 Å². The van der Waals surface area contributed by atoms with Crippen molar-refractivity contribution in [1.29, 1.82) is 0 Å². The summed E-state index contributed by atoms with van der Waals surface area (Å²) in [6.45, 7) is -0.553. The lowest BCUT2D eigenvalue weighted by atomic mass is 10.2. The first-order chi connectivity index (χ1) is 10.4. The maximum Gasteiger partial charge on any atom is 0.338 e. The third-order valence-corrected chi connectivity index (χ3v) is 3.28. The minimum absolute atomic E-state index is 0.0483. The molecule has 0 aromatic heterocycles. The highest BCUT2D eigenvalue weighted by Crippen LogP contribution is 2.13. The zero-order valence-corrected chi connectivity index (χ0v) is 13.3. The SMILES string of the molecule is O=C(COC(=O)c1ccc(I)cc1)Nc1cc(F)cc(F)c1. The zero-order valence-electron chi connectivity index (χ0n) is 11.1. The van der Waals surface area contributed by atoms with Crippen LogP contribution in [0, 0.1) is 15.2 Å². The molecular weight excluding hydrogens is 407 g/mol. The average molecular weight is 417 g/mol. The van der Waals surface area contributed by atoms with E-state index in [0.29, 0.717) is 11.6 Å². The van der Waals surface area contributed by atoms with Gasteiger partial charge in [-0.05, 0) is 59.0 Å². The standard InChI is InChI=1S/C15H10F2INO3/c16-10-5-11(17)7-13(6-10)19-14(20)8-22-15(21)9-1-3-12(18)4-2-9/h1-7H,8H2,(H,19,20). The predicted molar refractivity (Wildman–Crippen MR) is 84.4 cm³/mol. The number of esters is 1. The van der Waals surface area contributed by atoms with Crippen molar-refractivity contribution >= 4 is 40.2 Å². The van der Waals surface area contributed by atoms with Crippen LogP contribution in [0.5, 0.6) is 0 Å². The van der Waals surface area contributed by atoms with Gasteiger partial charge in [0, 0.05) is 15.3 Å². The van der Waals surface area contributed by atoms with Crippen molar-refractivity contribution in [3.05, 3.63) is 63.2 Å². The Hall–Kier alpha value is -2.03. The molecule has 22 heavy (non-hydrogen) atoms. The second kappa shape index (κ2) is 7.30. The number of carbonyl (C=O) groups is 2. The molecule has 1 amide bonds. The first-order valence-electron chi connectivity index (χ1n) is 6.12. The number of hydrogen-bond acceptors (Lipinski definition) is 3. The summed E-state index contributed by atoms with van der Waals surface area (Å²) in [7, 11) is 0. The number of carbonyl (C=O) groups excluding carboxylic acids is 2. The Bertz CT molecular complexity index is 684. The summed E-state index contributed by atoms with van der Waals surface area (Å²) in [6.07, 6.45) is 0. The van der Waals surface area contributed by atoms with Crippen molar-refractivity contribution in [2.75, 3.05) is 11.9 Å². The van der Waals surface area contributed by atoms with E-state index in [2.05, 4.69) is 27.9 Å². The summed E-state index contributed by atoms with van der Waals surface area (Å²) in [6, 6.07) is 9.21. The summed E-state index contributed by atoms with van der Waals surface area (Å²) in [5, 5.41) is 2.24. The van der Waals surface area contributed by atoms with Crippen LogP contribution in [0.4, 0.5) is 14.5 Å². The van der Waals surface area contributed by atoms with Gasteiger partial charge in [-0.25, -0.2) is 13.6 Å². The first kappa shape index (κ1) is 16.3. The maximum absolute atomic E-state index is 13.0. The van der Waals surface area contributed by atoms with Gasteiger partial charge in [0.1, 0.15) is 11.6 Å². The van der Waals surface area contributed by atoms with Gasteiger partial charge >= 0.3 is 5.97 Å². The van der Waals surface area contributed by atoms with Gasteiger partial charge in [-0.3, -0.25) is 4.79 Å². The van der Waals surface area contributed by atoms with Crippen LogP contribution in [0.3, 0.4) is 0 Å². The average Bonchev–Trinajstić information content (AvgIpc) is 2.44. The van der Waals surface area contributed by atoms with E-state index in [1.165, 1.54) is 0 Å². The molecule has 0 heterocycles. The molecule has 0 atom stereocenters. The predicted octanol–water partition coefficient (Wildman–Crippen LogP) is 3.36. The lowest BCUT2D eigenvalue weighted by Gasteiger charge is -2.07. The van der Waals surface area contributed by atoms with Crippen LogP contribution in [0.1, 0.15) is 10.4 Å². The minimum atomic E-state index is -0.814. The molecular formula is C15H10F2INO3. The molecule has 0 unspecified atom stereocenters. The van der Waals surface area contributed by atoms with E-state index in [1.54, 1.807) is 24.3 Å². The number of amides is 1. The maximum atomic E-state index is 13.0. The summed E-state index contributed by atoms with van der Waals surface area (Å²) in [4.78, 5) is 23.3. The van der Waals surface area contributed by atoms with Gasteiger partial charge in [0.25, 0.3) is 5.91 Å². The van der Waals surface area contributed by atoms with E-state index >= 15 is 0 Å². The number of ether oxygens (including phenoxy) is 1. The lowest BCUT2D eigenvalue weighted by molar-refractivity contribution is -0.119. The molecule has 0 aliphatic carbocycles. The van der Waals surface area contributed by atoms with Gasteiger partial charge in [-0.2, -0.15) is 0 Å². The van der Waals surface area contributed by atoms with Crippen LogP contribution in [0.15, 0.2) is 42.5 Å². The van der Waals surface area contributed by atoms with Gasteiger partial charge < -0.3 is 10.1 Å². The number of hydrogen-bond donors (Lipinski definition) is 1. The number of nitrogens with one attached hydrogen (secondary N) is 1. The Morgan fingerprint density at radius 1 is 1.05 bits per heavy atom. The summed E-state index contributed by atoms with van der Waals surface area (Å²) < 4.78 is 31.7. The van der Waals surface area contributed by atoms with Crippen LogP contribution in [0.2, 0.25) is 0 Å². The molecule has 114 valence electrons. The van der Waals surface area contributed by atoms with Crippen LogP contribution in [0.25, 0.3) is 0 Å². The van der Waals surface area contributed by atoms with Gasteiger partial charge in [0.05, 0.1) is 5.56 Å². The van der Waals surface area contributed by atoms with Crippen LogP contribution in [-0.4, -0.2) is 18.5 Å². The van der Waals surface area contributed by atoms with Gasteiger partial charge in [-0.1, -0.05) is 0 Å². The molecule has 0 saturated carbocycles. The van der Waals surface area contributed by atoms with Gasteiger partial charge in [-0.15, -0.1) is 0 Å². The number of anilines is 1. The fourth-order valence-corrected chi connectivity index (χ4v) is 1.98. The molecule has 4 nitrogen and oxygen atoms in total. The molecule has 0 spiro atoms. The zero-order chi connectivity index (χ0) is 16.1. The van der Waals surface area contributed by atoms with Crippen molar-refractivity contribution < 1.29 is 23.1 Å². The van der Waals surface area contributed by atoms with Gasteiger partial charge in [0.15, 0.2) is 6.61 Å². The summed E-state index contributed by atoms with van der Waals surface area (Å²) in [5.74, 6) is -2.97. The quantitative estimate of drug-likeness (QED) is 0.614. The Labute approximate surface area is 138 Å². The highest BCUT2D eigenvalue weighted by Gasteiger charge is 2.11.